The van der Waals surface area contributed by atoms with Crippen molar-refractivity contribution >= 4 is 5.91 Å². The minimum atomic E-state index is -0.188. The number of hydrogen-bond donors (Lipinski definition) is 0. The summed E-state index contributed by atoms with van der Waals surface area (Å²) in [6, 6.07) is 11.7. The molecule has 22 heavy (non-hydrogen) atoms. The highest BCUT2D eigenvalue weighted by Gasteiger charge is 2.18. The number of likely N-dealkylation sites (N-methyl/N-ethyl adjacent to an activating group) is 1. The zero-order chi connectivity index (χ0) is 16.1. The van der Waals surface area contributed by atoms with E-state index in [1.165, 1.54) is 0 Å². The molecular formula is C17H19N3O2. The van der Waals surface area contributed by atoms with Gasteiger partial charge >= 0.3 is 0 Å². The van der Waals surface area contributed by atoms with E-state index >= 15 is 0 Å². The van der Waals surface area contributed by atoms with E-state index in [1.54, 1.807) is 25.8 Å². The van der Waals surface area contributed by atoms with E-state index in [9.17, 15) is 4.79 Å². The first-order chi connectivity index (χ1) is 10.5. The summed E-state index contributed by atoms with van der Waals surface area (Å²) in [5, 5.41) is 8.81. The summed E-state index contributed by atoms with van der Waals surface area (Å²) in [5.74, 6) is 0.910. The van der Waals surface area contributed by atoms with Crippen LogP contribution in [0.4, 0.5) is 0 Å². The SMILES string of the molecule is Cc1oc(-c2ccccc2)nc1CC(=O)N(C)CC(C)C#N. The fourth-order valence-corrected chi connectivity index (χ4v) is 2.13. The maximum Gasteiger partial charge on any atom is 0.228 e. The van der Waals surface area contributed by atoms with Crippen LogP contribution in [0.1, 0.15) is 18.4 Å². The minimum absolute atomic E-state index is 0.0712. The van der Waals surface area contributed by atoms with Crippen LogP contribution in [0.15, 0.2) is 34.7 Å². The standard InChI is InChI=1S/C17H19N3O2/c1-12(10-18)11-20(3)16(21)9-15-13(2)22-17(19-15)14-7-5-4-6-8-14/h4-8,12H,9,11H2,1-3H3. The van der Waals surface area contributed by atoms with Gasteiger partial charge in [0.15, 0.2) is 0 Å². The Labute approximate surface area is 130 Å². The highest BCUT2D eigenvalue weighted by atomic mass is 16.4. The Hall–Kier alpha value is -2.61. The zero-order valence-corrected chi connectivity index (χ0v) is 13.0. The summed E-state index contributed by atoms with van der Waals surface area (Å²) < 4.78 is 5.65. The molecule has 0 spiro atoms. The Kier molecular flexibility index (Phi) is 4.95. The van der Waals surface area contributed by atoms with Crippen molar-refractivity contribution in [2.45, 2.75) is 20.3 Å². The first-order valence-corrected chi connectivity index (χ1v) is 7.16. The lowest BCUT2D eigenvalue weighted by molar-refractivity contribution is -0.129. The molecule has 0 saturated carbocycles. The average Bonchev–Trinajstić information content (AvgIpc) is 2.89. The first-order valence-electron chi connectivity index (χ1n) is 7.16. The number of oxazole rings is 1. The molecule has 0 aliphatic carbocycles. The fourth-order valence-electron chi connectivity index (χ4n) is 2.13. The number of aromatic nitrogens is 1. The van der Waals surface area contributed by atoms with Crippen molar-refractivity contribution in [3.8, 4) is 17.5 Å². The minimum Gasteiger partial charge on any atom is -0.441 e. The third-order valence-electron chi connectivity index (χ3n) is 3.43. The number of nitrogens with zero attached hydrogens (tertiary/aromatic N) is 3. The third-order valence-corrected chi connectivity index (χ3v) is 3.43. The van der Waals surface area contributed by atoms with Crippen LogP contribution >= 0.6 is 0 Å². The van der Waals surface area contributed by atoms with Gasteiger partial charge in [0, 0.05) is 19.2 Å². The molecule has 0 aliphatic heterocycles. The molecule has 1 atom stereocenters. The Bertz CT molecular complexity index is 686. The number of amides is 1. The molecule has 1 unspecified atom stereocenters. The molecule has 0 N–H and O–H groups in total. The maximum absolute atomic E-state index is 12.2. The third kappa shape index (κ3) is 3.73. The van der Waals surface area contributed by atoms with Crippen LogP contribution < -0.4 is 0 Å². The molecule has 1 heterocycles. The molecule has 0 bridgehead atoms. The van der Waals surface area contributed by atoms with Crippen molar-refractivity contribution in [1.29, 1.82) is 5.26 Å². The summed E-state index contributed by atoms with van der Waals surface area (Å²) in [4.78, 5) is 18.2. The zero-order valence-electron chi connectivity index (χ0n) is 13.0. The summed E-state index contributed by atoms with van der Waals surface area (Å²) in [5.41, 5.74) is 1.52. The van der Waals surface area contributed by atoms with Crippen LogP contribution in [0.25, 0.3) is 11.5 Å². The van der Waals surface area contributed by atoms with Crippen LogP contribution in [-0.2, 0) is 11.2 Å². The number of nitriles is 1. The lowest BCUT2D eigenvalue weighted by Crippen LogP contribution is -2.32. The molecule has 1 aromatic heterocycles. The quantitative estimate of drug-likeness (QED) is 0.851. The van der Waals surface area contributed by atoms with Gasteiger partial charge in [-0.3, -0.25) is 4.79 Å². The molecule has 2 aromatic rings. The van der Waals surface area contributed by atoms with Crippen molar-refractivity contribution in [3.63, 3.8) is 0 Å². The van der Waals surface area contributed by atoms with Crippen molar-refractivity contribution in [3.05, 3.63) is 41.8 Å². The Morgan fingerprint density at radius 3 is 2.73 bits per heavy atom. The summed E-state index contributed by atoms with van der Waals surface area (Å²) >= 11 is 0. The monoisotopic (exact) mass is 297 g/mol. The number of rotatable bonds is 5. The van der Waals surface area contributed by atoms with Crippen molar-refractivity contribution in [2.24, 2.45) is 5.92 Å². The van der Waals surface area contributed by atoms with Gasteiger partial charge in [0.1, 0.15) is 5.76 Å². The van der Waals surface area contributed by atoms with E-state index in [2.05, 4.69) is 11.1 Å². The first kappa shape index (κ1) is 15.8. The van der Waals surface area contributed by atoms with Gasteiger partial charge in [-0.1, -0.05) is 18.2 Å². The van der Waals surface area contributed by atoms with Gasteiger partial charge in [-0.25, -0.2) is 4.98 Å². The summed E-state index contributed by atoms with van der Waals surface area (Å²) in [7, 11) is 1.70. The summed E-state index contributed by atoms with van der Waals surface area (Å²) in [6.45, 7) is 4.01. The van der Waals surface area contributed by atoms with Gasteiger partial charge in [0.2, 0.25) is 11.8 Å². The van der Waals surface area contributed by atoms with Crippen molar-refractivity contribution < 1.29 is 9.21 Å². The van der Waals surface area contributed by atoms with E-state index in [-0.39, 0.29) is 18.2 Å². The van der Waals surface area contributed by atoms with Crippen molar-refractivity contribution in [2.75, 3.05) is 13.6 Å². The second kappa shape index (κ2) is 6.90. The smallest absolute Gasteiger partial charge is 0.228 e. The molecule has 0 aliphatic rings. The van der Waals surface area contributed by atoms with Crippen LogP contribution in [0, 0.1) is 24.2 Å². The number of benzene rings is 1. The van der Waals surface area contributed by atoms with E-state index in [0.717, 1.165) is 5.56 Å². The lowest BCUT2D eigenvalue weighted by atomic mass is 10.2. The second-order valence-corrected chi connectivity index (χ2v) is 5.37. The number of hydrogen-bond acceptors (Lipinski definition) is 4. The van der Waals surface area contributed by atoms with E-state index in [1.807, 2.05) is 30.3 Å². The number of carbonyl (C=O) groups excluding carboxylic acids is 1. The molecular weight excluding hydrogens is 278 g/mol. The van der Waals surface area contributed by atoms with Gasteiger partial charge in [-0.05, 0) is 26.0 Å². The lowest BCUT2D eigenvalue weighted by Gasteiger charge is -2.17. The topological polar surface area (TPSA) is 70.1 Å². The van der Waals surface area contributed by atoms with E-state index in [4.69, 9.17) is 9.68 Å². The highest BCUT2D eigenvalue weighted by Crippen LogP contribution is 2.21. The Balaban J connectivity index is 2.09. The molecule has 1 aromatic carbocycles. The number of carbonyl (C=O) groups is 1. The maximum atomic E-state index is 12.2. The van der Waals surface area contributed by atoms with Crippen LogP contribution in [0.5, 0.6) is 0 Å². The van der Waals surface area contributed by atoms with Crippen LogP contribution in [0.3, 0.4) is 0 Å². The van der Waals surface area contributed by atoms with Crippen LogP contribution in [-0.4, -0.2) is 29.4 Å². The second-order valence-electron chi connectivity index (χ2n) is 5.37. The predicted octanol–water partition coefficient (Wildman–Crippen LogP) is 2.81. The highest BCUT2D eigenvalue weighted by molar-refractivity contribution is 5.78. The van der Waals surface area contributed by atoms with Gasteiger partial charge in [0.25, 0.3) is 0 Å². The molecule has 5 nitrogen and oxygen atoms in total. The molecule has 0 radical (unpaired) electrons. The van der Waals surface area contributed by atoms with Gasteiger partial charge in [0.05, 0.1) is 24.1 Å². The average molecular weight is 297 g/mol. The molecule has 2 rings (SSSR count). The molecule has 5 heteroatoms. The Morgan fingerprint density at radius 1 is 1.41 bits per heavy atom. The Morgan fingerprint density at radius 2 is 2.09 bits per heavy atom. The molecule has 0 saturated heterocycles. The van der Waals surface area contributed by atoms with Gasteiger partial charge < -0.3 is 9.32 Å². The largest absolute Gasteiger partial charge is 0.441 e. The molecule has 114 valence electrons. The van der Waals surface area contributed by atoms with E-state index < -0.39 is 0 Å². The van der Waals surface area contributed by atoms with Gasteiger partial charge in [-0.2, -0.15) is 5.26 Å². The summed E-state index contributed by atoms with van der Waals surface area (Å²) in [6.07, 6.45) is 0.177. The molecule has 0 fully saturated rings. The predicted molar refractivity (Wildman–Crippen MR) is 82.8 cm³/mol. The fraction of sp³-hybridized carbons (Fsp3) is 0.353. The van der Waals surface area contributed by atoms with E-state index in [0.29, 0.717) is 23.9 Å². The number of aryl methyl sites for hydroxylation is 1. The van der Waals surface area contributed by atoms with Crippen molar-refractivity contribution in [1.82, 2.24) is 9.88 Å². The van der Waals surface area contributed by atoms with Gasteiger partial charge in [-0.15, -0.1) is 0 Å². The van der Waals surface area contributed by atoms with Crippen LogP contribution in [0.2, 0.25) is 0 Å². The normalized spacial score (nSPS) is 11.7. The molecule has 1 amide bonds.